The molecule has 0 bridgehead atoms. The third-order valence-electron chi connectivity index (χ3n) is 3.44. The summed E-state index contributed by atoms with van der Waals surface area (Å²) >= 11 is 0. The molecule has 0 saturated heterocycles. The van der Waals surface area contributed by atoms with Gasteiger partial charge in [-0.15, -0.1) is 0 Å². The second kappa shape index (κ2) is 5.18. The van der Waals surface area contributed by atoms with E-state index in [0.717, 1.165) is 10.9 Å². The topological polar surface area (TPSA) is 67.3 Å². The van der Waals surface area contributed by atoms with Crippen LogP contribution in [0.3, 0.4) is 0 Å². The van der Waals surface area contributed by atoms with Crippen LogP contribution in [0.1, 0.15) is 24.2 Å². The molecule has 0 aliphatic carbocycles. The molecule has 1 aromatic heterocycles. The zero-order valence-corrected chi connectivity index (χ0v) is 10.8. The van der Waals surface area contributed by atoms with Gasteiger partial charge in [-0.05, 0) is 24.3 Å². The largest absolute Gasteiger partial charge is 0.481 e. The van der Waals surface area contributed by atoms with Crippen LogP contribution < -0.4 is 0 Å². The van der Waals surface area contributed by atoms with E-state index < -0.39 is 17.8 Å². The highest BCUT2D eigenvalue weighted by molar-refractivity contribution is 6.02. The Kier molecular flexibility index (Phi) is 3.60. The quantitative estimate of drug-likeness (QED) is 0.855. The third-order valence-corrected chi connectivity index (χ3v) is 3.44. The van der Waals surface area contributed by atoms with Crippen molar-refractivity contribution >= 4 is 22.7 Å². The van der Waals surface area contributed by atoms with Gasteiger partial charge in [-0.25, -0.2) is 0 Å². The lowest BCUT2D eigenvalue weighted by Gasteiger charge is -2.14. The Morgan fingerprint density at radius 1 is 1.16 bits per heavy atom. The molecule has 0 saturated carbocycles. The molecular formula is C15H15NO3. The standard InChI is InChI=1S/C15H15NO3/c1-9(10(2)15(18)19)14(17)12-5-6-13-11(8-12)4-3-7-16-13/h3-10H,1-2H3,(H,18,19). The van der Waals surface area contributed by atoms with E-state index in [2.05, 4.69) is 4.98 Å². The van der Waals surface area contributed by atoms with Gasteiger partial charge in [-0.1, -0.05) is 19.9 Å². The summed E-state index contributed by atoms with van der Waals surface area (Å²) in [5.74, 6) is -2.35. The van der Waals surface area contributed by atoms with E-state index >= 15 is 0 Å². The van der Waals surface area contributed by atoms with Crippen molar-refractivity contribution in [3.05, 3.63) is 42.1 Å². The van der Waals surface area contributed by atoms with Gasteiger partial charge in [0.05, 0.1) is 11.4 Å². The van der Waals surface area contributed by atoms with Crippen LogP contribution >= 0.6 is 0 Å². The second-order valence-corrected chi connectivity index (χ2v) is 4.69. The van der Waals surface area contributed by atoms with Crippen molar-refractivity contribution in [1.82, 2.24) is 4.98 Å². The minimum atomic E-state index is -0.955. The Hall–Kier alpha value is -2.23. The normalized spacial score (nSPS) is 14.0. The molecule has 1 heterocycles. The molecule has 0 aliphatic heterocycles. The molecule has 0 fully saturated rings. The summed E-state index contributed by atoms with van der Waals surface area (Å²) in [7, 11) is 0. The second-order valence-electron chi connectivity index (χ2n) is 4.69. The fourth-order valence-corrected chi connectivity index (χ4v) is 1.93. The molecule has 2 unspecified atom stereocenters. The molecule has 0 radical (unpaired) electrons. The first-order chi connectivity index (χ1) is 9.00. The minimum Gasteiger partial charge on any atom is -0.481 e. The molecule has 0 spiro atoms. The first-order valence-corrected chi connectivity index (χ1v) is 6.12. The molecule has 19 heavy (non-hydrogen) atoms. The zero-order valence-electron chi connectivity index (χ0n) is 10.8. The van der Waals surface area contributed by atoms with E-state index in [1.807, 2.05) is 6.07 Å². The SMILES string of the molecule is CC(C(=O)O)C(C)C(=O)c1ccc2ncccc2c1. The van der Waals surface area contributed by atoms with Crippen LogP contribution in [-0.4, -0.2) is 21.8 Å². The number of hydrogen-bond donors (Lipinski definition) is 1. The average molecular weight is 257 g/mol. The molecule has 0 amide bonds. The molecule has 4 nitrogen and oxygen atoms in total. The number of rotatable bonds is 4. The van der Waals surface area contributed by atoms with Crippen LogP contribution in [0, 0.1) is 11.8 Å². The van der Waals surface area contributed by atoms with Crippen LogP contribution in [0.4, 0.5) is 0 Å². The van der Waals surface area contributed by atoms with Crippen LogP contribution in [0.2, 0.25) is 0 Å². The highest BCUT2D eigenvalue weighted by Gasteiger charge is 2.26. The van der Waals surface area contributed by atoms with Gasteiger partial charge in [0.25, 0.3) is 0 Å². The van der Waals surface area contributed by atoms with Crippen molar-refractivity contribution < 1.29 is 14.7 Å². The maximum Gasteiger partial charge on any atom is 0.306 e. The summed E-state index contributed by atoms with van der Waals surface area (Å²) in [5, 5.41) is 9.84. The molecule has 0 aliphatic rings. The Balaban J connectivity index is 2.33. The molecule has 4 heteroatoms. The number of pyridine rings is 1. The number of fused-ring (bicyclic) bond motifs is 1. The number of carbonyl (C=O) groups is 2. The van der Waals surface area contributed by atoms with Crippen molar-refractivity contribution in [2.45, 2.75) is 13.8 Å². The predicted molar refractivity (Wildman–Crippen MR) is 72.0 cm³/mol. The van der Waals surface area contributed by atoms with Crippen LogP contribution in [0.5, 0.6) is 0 Å². The van der Waals surface area contributed by atoms with Gasteiger partial charge in [0.1, 0.15) is 0 Å². The molecule has 2 atom stereocenters. The van der Waals surface area contributed by atoms with Crippen molar-refractivity contribution in [3.8, 4) is 0 Å². The lowest BCUT2D eigenvalue weighted by Crippen LogP contribution is -2.25. The summed E-state index contributed by atoms with van der Waals surface area (Å²) < 4.78 is 0. The van der Waals surface area contributed by atoms with Crippen molar-refractivity contribution in [2.75, 3.05) is 0 Å². The van der Waals surface area contributed by atoms with Gasteiger partial charge in [-0.3, -0.25) is 14.6 Å². The summed E-state index contributed by atoms with van der Waals surface area (Å²) in [6.07, 6.45) is 1.69. The number of Topliss-reactive ketones (excluding diaryl/α,β-unsaturated/α-hetero) is 1. The van der Waals surface area contributed by atoms with Crippen LogP contribution in [0.25, 0.3) is 10.9 Å². The number of benzene rings is 1. The van der Waals surface area contributed by atoms with E-state index in [4.69, 9.17) is 5.11 Å². The third kappa shape index (κ3) is 2.62. The van der Waals surface area contributed by atoms with E-state index in [1.54, 1.807) is 44.3 Å². The van der Waals surface area contributed by atoms with Gasteiger partial charge < -0.3 is 5.11 Å². The predicted octanol–water partition coefficient (Wildman–Crippen LogP) is 2.77. The number of carboxylic acid groups (broad SMARTS) is 1. The number of hydrogen-bond acceptors (Lipinski definition) is 3. The number of ketones is 1. The fraction of sp³-hybridized carbons (Fsp3) is 0.267. The molecule has 2 aromatic rings. The lowest BCUT2D eigenvalue weighted by molar-refractivity contribution is -0.142. The fourth-order valence-electron chi connectivity index (χ4n) is 1.93. The Morgan fingerprint density at radius 2 is 1.89 bits per heavy atom. The number of carbonyl (C=O) groups excluding carboxylic acids is 1. The van der Waals surface area contributed by atoms with Crippen molar-refractivity contribution in [2.24, 2.45) is 11.8 Å². The Labute approximate surface area is 111 Å². The monoisotopic (exact) mass is 257 g/mol. The van der Waals surface area contributed by atoms with Gasteiger partial charge in [-0.2, -0.15) is 0 Å². The summed E-state index contributed by atoms with van der Waals surface area (Å²) in [5.41, 5.74) is 1.35. The highest BCUT2D eigenvalue weighted by atomic mass is 16.4. The Bertz CT molecular complexity index is 636. The van der Waals surface area contributed by atoms with Gasteiger partial charge in [0.15, 0.2) is 5.78 Å². The van der Waals surface area contributed by atoms with E-state index in [-0.39, 0.29) is 5.78 Å². The highest BCUT2D eigenvalue weighted by Crippen LogP contribution is 2.20. The van der Waals surface area contributed by atoms with E-state index in [9.17, 15) is 9.59 Å². The lowest BCUT2D eigenvalue weighted by atomic mass is 9.88. The molecule has 2 rings (SSSR count). The Morgan fingerprint density at radius 3 is 2.58 bits per heavy atom. The molecule has 1 aromatic carbocycles. The van der Waals surface area contributed by atoms with Crippen molar-refractivity contribution in [1.29, 1.82) is 0 Å². The summed E-state index contributed by atoms with van der Waals surface area (Å²) in [6, 6.07) is 8.92. The molecular weight excluding hydrogens is 242 g/mol. The van der Waals surface area contributed by atoms with Gasteiger partial charge >= 0.3 is 5.97 Å². The molecule has 1 N–H and O–H groups in total. The average Bonchev–Trinajstić information content (AvgIpc) is 2.44. The summed E-state index contributed by atoms with van der Waals surface area (Å²) in [6.45, 7) is 3.20. The van der Waals surface area contributed by atoms with Crippen LogP contribution in [0.15, 0.2) is 36.5 Å². The number of carboxylic acids is 1. The summed E-state index contributed by atoms with van der Waals surface area (Å²) in [4.78, 5) is 27.4. The molecule has 98 valence electrons. The smallest absolute Gasteiger partial charge is 0.306 e. The first kappa shape index (κ1) is 13.2. The zero-order chi connectivity index (χ0) is 14.0. The number of nitrogens with zero attached hydrogens (tertiary/aromatic N) is 1. The van der Waals surface area contributed by atoms with Crippen molar-refractivity contribution in [3.63, 3.8) is 0 Å². The minimum absolute atomic E-state index is 0.152. The van der Waals surface area contributed by atoms with E-state index in [1.165, 1.54) is 0 Å². The maximum atomic E-state index is 12.3. The number of aliphatic carboxylic acids is 1. The van der Waals surface area contributed by atoms with Gasteiger partial charge in [0.2, 0.25) is 0 Å². The van der Waals surface area contributed by atoms with E-state index in [0.29, 0.717) is 5.56 Å². The van der Waals surface area contributed by atoms with Crippen LogP contribution in [-0.2, 0) is 4.79 Å². The maximum absolute atomic E-state index is 12.3. The first-order valence-electron chi connectivity index (χ1n) is 6.12. The number of aromatic nitrogens is 1. The van der Waals surface area contributed by atoms with Gasteiger partial charge in [0, 0.05) is 23.1 Å².